The highest BCUT2D eigenvalue weighted by Gasteiger charge is 2.24. The molecule has 2 aromatic heterocycles. The second-order valence-corrected chi connectivity index (χ2v) is 14.5. The van der Waals surface area contributed by atoms with Crippen LogP contribution in [0, 0.1) is 11.8 Å². The largest absolute Gasteiger partial charge is 0.235 e. The summed E-state index contributed by atoms with van der Waals surface area (Å²) in [5.74, 6) is 1.27. The van der Waals surface area contributed by atoms with Crippen molar-refractivity contribution in [3.05, 3.63) is 120 Å². The molecule has 44 heavy (non-hydrogen) atoms. The first-order chi connectivity index (χ1) is 21.4. The van der Waals surface area contributed by atoms with Gasteiger partial charge in [-0.2, -0.15) is 0 Å². The molecule has 4 heteroatoms. The molecule has 7 aromatic rings. The van der Waals surface area contributed by atoms with Gasteiger partial charge in [-0.3, -0.25) is 0 Å². The average Bonchev–Trinajstić information content (AvgIpc) is 3.66. The summed E-state index contributed by atoms with van der Waals surface area (Å²) in [7, 11) is 0. The molecule has 0 radical (unpaired) electrons. The van der Waals surface area contributed by atoms with E-state index in [4.69, 9.17) is 9.97 Å². The predicted molar refractivity (Wildman–Crippen MR) is 192 cm³/mol. The maximum absolute atomic E-state index is 5.40. The number of hydrogen-bond donors (Lipinski definition) is 0. The van der Waals surface area contributed by atoms with Gasteiger partial charge in [0.05, 0.1) is 20.4 Å². The molecule has 0 aliphatic carbocycles. The van der Waals surface area contributed by atoms with Gasteiger partial charge in [-0.05, 0) is 46.9 Å². The van der Waals surface area contributed by atoms with Crippen LogP contribution < -0.4 is 0 Å². The van der Waals surface area contributed by atoms with E-state index in [2.05, 4.69) is 137 Å². The fourth-order valence-corrected chi connectivity index (χ4v) is 8.33. The fraction of sp³-hybridized carbons (Fsp3) is 0.200. The minimum atomic E-state index is 0.633. The van der Waals surface area contributed by atoms with E-state index in [0.29, 0.717) is 11.8 Å². The molecule has 0 atom stereocenters. The van der Waals surface area contributed by atoms with Gasteiger partial charge in [0.1, 0.15) is 10.0 Å². The molecule has 5 aromatic carbocycles. The van der Waals surface area contributed by atoms with E-state index in [-0.39, 0.29) is 0 Å². The Balaban J connectivity index is 1.48. The van der Waals surface area contributed by atoms with Crippen molar-refractivity contribution in [2.75, 3.05) is 0 Å². The van der Waals surface area contributed by atoms with Gasteiger partial charge in [0.2, 0.25) is 0 Å². The number of hydrogen-bond acceptors (Lipinski definition) is 4. The van der Waals surface area contributed by atoms with Crippen LogP contribution in [-0.4, -0.2) is 9.97 Å². The van der Waals surface area contributed by atoms with Gasteiger partial charge >= 0.3 is 0 Å². The van der Waals surface area contributed by atoms with Crippen molar-refractivity contribution in [1.82, 2.24) is 9.97 Å². The van der Waals surface area contributed by atoms with Crippen molar-refractivity contribution < 1.29 is 0 Å². The van der Waals surface area contributed by atoms with Crippen LogP contribution in [0.4, 0.5) is 0 Å². The van der Waals surface area contributed by atoms with Crippen LogP contribution in [0.3, 0.4) is 0 Å². The maximum atomic E-state index is 5.40. The molecule has 0 bridgehead atoms. The van der Waals surface area contributed by atoms with Crippen molar-refractivity contribution >= 4 is 43.1 Å². The summed E-state index contributed by atoms with van der Waals surface area (Å²) in [6.07, 6.45) is 2.17. The Morgan fingerprint density at radius 3 is 1.16 bits per heavy atom. The summed E-state index contributed by atoms with van der Waals surface area (Å²) < 4.78 is 2.38. The van der Waals surface area contributed by atoms with E-state index in [9.17, 15) is 0 Å². The summed E-state index contributed by atoms with van der Waals surface area (Å²) in [4.78, 5) is 10.8. The number of fused-ring (bicyclic) bond motifs is 2. The third-order valence-corrected chi connectivity index (χ3v) is 10.2. The number of rotatable bonds is 8. The molecule has 0 N–H and O–H groups in total. The summed E-state index contributed by atoms with van der Waals surface area (Å²) in [5.41, 5.74) is 11.9. The predicted octanol–water partition coefficient (Wildman–Crippen LogP) is 12.0. The van der Waals surface area contributed by atoms with Gasteiger partial charge in [0.15, 0.2) is 0 Å². The summed E-state index contributed by atoms with van der Waals surface area (Å²) in [6.45, 7) is 9.07. The van der Waals surface area contributed by atoms with E-state index in [1.54, 1.807) is 22.7 Å². The first-order valence-electron chi connectivity index (χ1n) is 15.5. The highest BCUT2D eigenvalue weighted by molar-refractivity contribution is 7.24. The number of benzene rings is 5. The number of thiazole rings is 2. The monoisotopic (exact) mass is 608 g/mol. The molecular formula is C40H36N2S2. The van der Waals surface area contributed by atoms with E-state index in [1.807, 2.05) is 0 Å². The van der Waals surface area contributed by atoms with Crippen molar-refractivity contribution in [3.8, 4) is 43.4 Å². The van der Waals surface area contributed by atoms with Crippen molar-refractivity contribution in [1.29, 1.82) is 0 Å². The van der Waals surface area contributed by atoms with E-state index in [1.165, 1.54) is 42.8 Å². The lowest BCUT2D eigenvalue weighted by atomic mass is 9.97. The Morgan fingerprint density at radius 1 is 0.455 bits per heavy atom. The van der Waals surface area contributed by atoms with Gasteiger partial charge in [0, 0.05) is 22.3 Å². The maximum Gasteiger partial charge on any atom is 0.124 e. The standard InChI is InChI=1S/C40H36N2S2/c1-25(2)23-27-15-19-31(20-16-27)39-41-35-33(29-11-7-5-8-12-29)38-36(34(37(35)43-39)30-13-9-6-10-14-30)42-40(44-38)32-21-17-28(18-22-32)24-26(3)4/h5-22,25-26H,23-24H2,1-4H3. The zero-order valence-electron chi connectivity index (χ0n) is 25.7. The van der Waals surface area contributed by atoms with E-state index < -0.39 is 0 Å². The quantitative estimate of drug-likeness (QED) is 0.171. The molecule has 218 valence electrons. The number of nitrogens with zero attached hydrogens (tertiary/aromatic N) is 2. The highest BCUT2D eigenvalue weighted by atomic mass is 32.1. The Morgan fingerprint density at radius 2 is 0.818 bits per heavy atom. The van der Waals surface area contributed by atoms with Crippen LogP contribution in [0.15, 0.2) is 109 Å². The molecule has 0 amide bonds. The fourth-order valence-electron chi connectivity index (χ4n) is 6.03. The molecule has 0 fully saturated rings. The van der Waals surface area contributed by atoms with Crippen LogP contribution in [0.5, 0.6) is 0 Å². The lowest BCUT2D eigenvalue weighted by Crippen LogP contribution is -1.93. The minimum Gasteiger partial charge on any atom is -0.235 e. The third kappa shape index (κ3) is 5.60. The van der Waals surface area contributed by atoms with Crippen molar-refractivity contribution in [3.63, 3.8) is 0 Å². The van der Waals surface area contributed by atoms with Gasteiger partial charge < -0.3 is 0 Å². The van der Waals surface area contributed by atoms with Crippen LogP contribution in [0.1, 0.15) is 38.8 Å². The SMILES string of the molecule is CC(C)Cc1ccc(-c2nc3c(-c4ccccc4)c4sc(-c5ccc(CC(C)C)cc5)nc4c(-c4ccccc4)c3s2)cc1. The smallest absolute Gasteiger partial charge is 0.124 e. The lowest BCUT2D eigenvalue weighted by Gasteiger charge is -2.10. The molecule has 0 saturated heterocycles. The van der Waals surface area contributed by atoms with Crippen LogP contribution in [0.2, 0.25) is 0 Å². The zero-order chi connectivity index (χ0) is 30.2. The lowest BCUT2D eigenvalue weighted by molar-refractivity contribution is 0.647. The summed E-state index contributed by atoms with van der Waals surface area (Å²) >= 11 is 3.56. The average molecular weight is 609 g/mol. The normalized spacial score (nSPS) is 11.8. The first-order valence-corrected chi connectivity index (χ1v) is 17.1. The van der Waals surface area contributed by atoms with Gasteiger partial charge in [-0.1, -0.05) is 137 Å². The number of aromatic nitrogens is 2. The molecule has 2 heterocycles. The van der Waals surface area contributed by atoms with Crippen LogP contribution >= 0.6 is 22.7 Å². The first kappa shape index (κ1) is 28.6. The Hall–Kier alpha value is -4.12. The molecule has 7 rings (SSSR count). The molecule has 0 unspecified atom stereocenters. The third-order valence-electron chi connectivity index (χ3n) is 8.00. The van der Waals surface area contributed by atoms with Crippen molar-refractivity contribution in [2.45, 2.75) is 40.5 Å². The van der Waals surface area contributed by atoms with Gasteiger partial charge in [-0.25, -0.2) is 9.97 Å². The second kappa shape index (κ2) is 12.1. The molecule has 0 spiro atoms. The molecular weight excluding hydrogens is 573 g/mol. The molecule has 0 aliphatic heterocycles. The van der Waals surface area contributed by atoms with Crippen LogP contribution in [0.25, 0.3) is 63.8 Å². The van der Waals surface area contributed by atoms with Crippen LogP contribution in [-0.2, 0) is 12.8 Å². The Labute approximate surface area is 268 Å². The zero-order valence-corrected chi connectivity index (χ0v) is 27.3. The molecule has 0 saturated carbocycles. The summed E-state index contributed by atoms with van der Waals surface area (Å²) in [6, 6.07) is 39.5. The van der Waals surface area contributed by atoms with Gasteiger partial charge in [0.25, 0.3) is 0 Å². The van der Waals surface area contributed by atoms with E-state index >= 15 is 0 Å². The topological polar surface area (TPSA) is 25.8 Å². The minimum absolute atomic E-state index is 0.633. The van der Waals surface area contributed by atoms with Gasteiger partial charge in [-0.15, -0.1) is 22.7 Å². The second-order valence-electron chi connectivity index (χ2n) is 12.5. The molecule has 2 nitrogen and oxygen atoms in total. The Kier molecular flexibility index (Phi) is 7.88. The highest BCUT2D eigenvalue weighted by Crippen LogP contribution is 2.49. The Bertz CT molecular complexity index is 1830. The van der Waals surface area contributed by atoms with E-state index in [0.717, 1.165) is 45.0 Å². The molecule has 0 aliphatic rings. The summed E-state index contributed by atoms with van der Waals surface area (Å²) in [5, 5.41) is 2.09. The van der Waals surface area contributed by atoms with Crippen molar-refractivity contribution in [2.24, 2.45) is 11.8 Å².